The Morgan fingerprint density at radius 2 is 2.04 bits per heavy atom. The molecule has 2 unspecified atom stereocenters. The van der Waals surface area contributed by atoms with Crippen molar-refractivity contribution in [2.45, 2.75) is 50.2 Å². The van der Waals surface area contributed by atoms with Gasteiger partial charge in [0.2, 0.25) is 0 Å². The van der Waals surface area contributed by atoms with Gasteiger partial charge in [-0.05, 0) is 32.1 Å². The molecule has 2 fully saturated rings. The number of hydrogen-bond acceptors (Lipinski definition) is 6. The summed E-state index contributed by atoms with van der Waals surface area (Å²) in [6.45, 7) is 0.165. The number of anilines is 1. The molecule has 1 saturated heterocycles. The average Bonchev–Trinajstić information content (AvgIpc) is 3.10. The lowest BCUT2D eigenvalue weighted by molar-refractivity contribution is -0.142. The first-order chi connectivity index (χ1) is 12.5. The van der Waals surface area contributed by atoms with Crippen LogP contribution in [0.25, 0.3) is 0 Å². The van der Waals surface area contributed by atoms with Gasteiger partial charge < -0.3 is 9.64 Å². The van der Waals surface area contributed by atoms with Crippen molar-refractivity contribution in [2.24, 2.45) is 5.92 Å². The molecule has 1 saturated carbocycles. The van der Waals surface area contributed by atoms with Gasteiger partial charge in [-0.15, -0.1) is 0 Å². The summed E-state index contributed by atoms with van der Waals surface area (Å²) in [7, 11) is -2.28. The van der Waals surface area contributed by atoms with Crippen molar-refractivity contribution in [2.75, 3.05) is 24.3 Å². The van der Waals surface area contributed by atoms with E-state index in [1.807, 2.05) is 0 Å². The fourth-order valence-corrected chi connectivity index (χ4v) is 5.59. The summed E-state index contributed by atoms with van der Waals surface area (Å²) in [6.07, 6.45) is -2.76. The van der Waals surface area contributed by atoms with Crippen LogP contribution in [0.5, 0.6) is 0 Å². The van der Waals surface area contributed by atoms with Gasteiger partial charge in [-0.2, -0.15) is 18.3 Å². The van der Waals surface area contributed by atoms with Crippen LogP contribution < -0.4 is 4.90 Å². The Labute approximate surface area is 155 Å². The summed E-state index contributed by atoms with van der Waals surface area (Å²) < 4.78 is 69.5. The van der Waals surface area contributed by atoms with Gasteiger partial charge in [0.05, 0.1) is 23.8 Å². The molecule has 0 spiro atoms. The summed E-state index contributed by atoms with van der Waals surface area (Å²) in [5.74, 6) is -0.389. The molecular formula is C16H22F3N3O4S. The predicted octanol–water partition coefficient (Wildman–Crippen LogP) is 1.70. The summed E-state index contributed by atoms with van der Waals surface area (Å²) in [4.78, 5) is 13.6. The number of aryl methyl sites for hydroxylation is 1. The van der Waals surface area contributed by atoms with E-state index in [1.54, 1.807) is 6.92 Å². The first-order valence-electron chi connectivity index (χ1n) is 8.67. The van der Waals surface area contributed by atoms with Crippen LogP contribution in [-0.2, 0) is 25.9 Å². The van der Waals surface area contributed by atoms with E-state index in [9.17, 15) is 26.4 Å². The number of nitrogens with zero attached hydrogens (tertiary/aromatic N) is 3. The van der Waals surface area contributed by atoms with Gasteiger partial charge in [0.1, 0.15) is 18.4 Å². The maximum absolute atomic E-state index is 12.9. The van der Waals surface area contributed by atoms with Gasteiger partial charge in [0.15, 0.2) is 9.84 Å². The van der Waals surface area contributed by atoms with E-state index >= 15 is 0 Å². The quantitative estimate of drug-likeness (QED) is 0.666. The Morgan fingerprint density at radius 1 is 1.37 bits per heavy atom. The Hall–Kier alpha value is -1.78. The van der Waals surface area contributed by atoms with Crippen molar-refractivity contribution >= 4 is 21.6 Å². The number of carbonyl (C=O) groups excluding carboxylic acids is 1. The Morgan fingerprint density at radius 3 is 2.59 bits per heavy atom. The van der Waals surface area contributed by atoms with Gasteiger partial charge in [-0.1, -0.05) is 0 Å². The lowest BCUT2D eigenvalue weighted by Crippen LogP contribution is -2.39. The van der Waals surface area contributed by atoms with Crippen LogP contribution in [0.1, 0.15) is 25.0 Å². The molecule has 0 aromatic carbocycles. The van der Waals surface area contributed by atoms with Crippen molar-refractivity contribution in [3.63, 3.8) is 0 Å². The van der Waals surface area contributed by atoms with E-state index in [0.29, 0.717) is 5.69 Å². The summed E-state index contributed by atoms with van der Waals surface area (Å²) in [5, 5.41) is 3.04. The van der Waals surface area contributed by atoms with Crippen LogP contribution in [0, 0.1) is 12.8 Å². The highest BCUT2D eigenvalue weighted by atomic mass is 32.2. The molecule has 0 bridgehead atoms. The molecule has 0 radical (unpaired) electrons. The highest BCUT2D eigenvalue weighted by Gasteiger charge is 2.46. The van der Waals surface area contributed by atoms with E-state index in [4.69, 9.17) is 4.74 Å². The molecule has 27 heavy (non-hydrogen) atoms. The molecule has 2 aliphatic rings. The molecule has 152 valence electrons. The third kappa shape index (κ3) is 4.56. The third-order valence-corrected chi connectivity index (χ3v) is 7.21. The molecule has 11 heteroatoms. The summed E-state index contributed by atoms with van der Waals surface area (Å²) >= 11 is 0. The van der Waals surface area contributed by atoms with Crippen LogP contribution in [0.2, 0.25) is 0 Å². The standard InChI is InChI=1S/C16H22F3N3O4S/c1-10-5-14(22(20-10)9-16(17,18)19)21-7-12(6-13(21)15(23)26-2)27(24,25)8-11-3-4-11/h5,11-13H,3-4,6-9H2,1-2H3. The highest BCUT2D eigenvalue weighted by Crippen LogP contribution is 2.36. The number of carbonyl (C=O) groups is 1. The molecule has 7 nitrogen and oxygen atoms in total. The van der Waals surface area contributed by atoms with Gasteiger partial charge in [-0.25, -0.2) is 17.9 Å². The molecule has 0 amide bonds. The molecule has 1 aliphatic carbocycles. The minimum Gasteiger partial charge on any atom is -0.467 e. The van der Waals surface area contributed by atoms with Gasteiger partial charge in [-0.3, -0.25) is 0 Å². The minimum atomic E-state index is -4.49. The van der Waals surface area contributed by atoms with Crippen LogP contribution in [0.3, 0.4) is 0 Å². The maximum Gasteiger partial charge on any atom is 0.408 e. The molecule has 0 N–H and O–H groups in total. The van der Waals surface area contributed by atoms with Crippen LogP contribution >= 0.6 is 0 Å². The number of aromatic nitrogens is 2. The number of rotatable bonds is 6. The second-order valence-electron chi connectivity index (χ2n) is 7.24. The number of alkyl halides is 3. The summed E-state index contributed by atoms with van der Waals surface area (Å²) in [6, 6.07) is 0.467. The first-order valence-corrected chi connectivity index (χ1v) is 10.4. The third-order valence-electron chi connectivity index (χ3n) is 4.91. The van der Waals surface area contributed by atoms with Gasteiger partial charge in [0.25, 0.3) is 0 Å². The largest absolute Gasteiger partial charge is 0.467 e. The van der Waals surface area contributed by atoms with Crippen molar-refractivity contribution in [1.29, 1.82) is 0 Å². The fraction of sp³-hybridized carbons (Fsp3) is 0.750. The second kappa shape index (κ2) is 6.99. The Kier molecular flexibility index (Phi) is 5.17. The van der Waals surface area contributed by atoms with Crippen LogP contribution in [0.15, 0.2) is 6.07 Å². The van der Waals surface area contributed by atoms with Gasteiger partial charge >= 0.3 is 12.1 Å². The topological polar surface area (TPSA) is 81.5 Å². The molecule has 1 aromatic heterocycles. The number of halogens is 3. The Balaban J connectivity index is 1.91. The Bertz CT molecular complexity index is 817. The molecular weight excluding hydrogens is 387 g/mol. The van der Waals surface area contributed by atoms with Crippen LogP contribution in [0.4, 0.5) is 19.0 Å². The van der Waals surface area contributed by atoms with Crippen molar-refractivity contribution in [3.05, 3.63) is 11.8 Å². The van der Waals surface area contributed by atoms with E-state index in [2.05, 4.69) is 5.10 Å². The number of methoxy groups -OCH3 is 1. The number of hydrogen-bond donors (Lipinski definition) is 0. The van der Waals surface area contributed by atoms with Crippen molar-refractivity contribution in [1.82, 2.24) is 9.78 Å². The highest BCUT2D eigenvalue weighted by molar-refractivity contribution is 7.92. The molecule has 1 aromatic rings. The first kappa shape index (κ1) is 20.0. The van der Waals surface area contributed by atoms with E-state index < -0.39 is 39.8 Å². The number of esters is 1. The van der Waals surface area contributed by atoms with E-state index in [-0.39, 0.29) is 30.5 Å². The predicted molar refractivity (Wildman–Crippen MR) is 91.1 cm³/mol. The average molecular weight is 409 g/mol. The smallest absolute Gasteiger partial charge is 0.408 e. The number of ether oxygens (including phenoxy) is 1. The number of sulfone groups is 1. The zero-order valence-electron chi connectivity index (χ0n) is 15.1. The SMILES string of the molecule is COC(=O)C1CC(S(=O)(=O)CC2CC2)CN1c1cc(C)nn1CC(F)(F)F. The van der Waals surface area contributed by atoms with Gasteiger partial charge in [0, 0.05) is 12.6 Å². The lowest BCUT2D eigenvalue weighted by atomic mass is 10.2. The van der Waals surface area contributed by atoms with Crippen molar-refractivity contribution in [3.8, 4) is 0 Å². The zero-order valence-corrected chi connectivity index (χ0v) is 15.9. The fourth-order valence-electron chi connectivity index (χ4n) is 3.47. The van der Waals surface area contributed by atoms with Crippen LogP contribution in [-0.4, -0.2) is 61.0 Å². The molecule has 2 heterocycles. The monoisotopic (exact) mass is 409 g/mol. The lowest BCUT2D eigenvalue weighted by Gasteiger charge is -2.25. The second-order valence-corrected chi connectivity index (χ2v) is 9.56. The van der Waals surface area contributed by atoms with E-state index in [0.717, 1.165) is 17.5 Å². The minimum absolute atomic E-state index is 0.00201. The maximum atomic E-state index is 12.9. The van der Waals surface area contributed by atoms with E-state index in [1.165, 1.54) is 18.1 Å². The zero-order chi connectivity index (χ0) is 20.0. The van der Waals surface area contributed by atoms with Crippen molar-refractivity contribution < 1.29 is 31.1 Å². The summed E-state index contributed by atoms with van der Waals surface area (Å²) in [5.41, 5.74) is 0.349. The molecule has 3 rings (SSSR count). The molecule has 1 aliphatic heterocycles. The molecule has 2 atom stereocenters. The normalized spacial score (nSPS) is 23.7.